The van der Waals surface area contributed by atoms with Crippen LogP contribution in [0.5, 0.6) is 5.75 Å². The zero-order valence-corrected chi connectivity index (χ0v) is 18.3. The molecule has 1 aromatic carbocycles. The number of anilines is 2. The number of aromatic amines is 1. The van der Waals surface area contributed by atoms with E-state index in [0.29, 0.717) is 35.7 Å². The molecule has 6 rings (SSSR count). The van der Waals surface area contributed by atoms with Gasteiger partial charge in [-0.3, -0.25) is 4.79 Å². The number of hydrogen-bond acceptors (Lipinski definition) is 7. The summed E-state index contributed by atoms with van der Waals surface area (Å²) in [6.45, 7) is 0.601. The normalized spacial score (nSPS) is 15.2. The first-order valence-electron chi connectivity index (χ1n) is 10.9. The third kappa shape index (κ3) is 3.72. The van der Waals surface area contributed by atoms with Crippen molar-refractivity contribution in [1.29, 1.82) is 0 Å². The number of rotatable bonds is 4. The van der Waals surface area contributed by atoms with E-state index in [1.807, 2.05) is 4.90 Å². The monoisotopic (exact) mass is 470 g/mol. The van der Waals surface area contributed by atoms with E-state index in [9.17, 15) is 14.3 Å². The number of nitrogens with one attached hydrogen (secondary N) is 2. The average Bonchev–Trinajstić information content (AvgIpc) is 3.53. The highest BCUT2D eigenvalue weighted by atomic mass is 19.1. The Bertz CT molecular complexity index is 1530. The first-order valence-corrected chi connectivity index (χ1v) is 10.9. The van der Waals surface area contributed by atoms with Crippen LogP contribution in [0.3, 0.4) is 0 Å². The number of amides is 1. The third-order valence-electron chi connectivity index (χ3n) is 5.96. The van der Waals surface area contributed by atoms with Gasteiger partial charge in [0.25, 0.3) is 5.91 Å². The van der Waals surface area contributed by atoms with Crippen molar-refractivity contribution in [3.63, 3.8) is 0 Å². The van der Waals surface area contributed by atoms with Gasteiger partial charge < -0.3 is 20.3 Å². The zero-order chi connectivity index (χ0) is 23.9. The number of carbonyl (C=O) groups is 1. The molecule has 10 nitrogen and oxygen atoms in total. The molecule has 3 N–H and O–H groups in total. The van der Waals surface area contributed by atoms with Crippen molar-refractivity contribution in [2.75, 3.05) is 16.8 Å². The van der Waals surface area contributed by atoms with E-state index in [0.717, 1.165) is 11.4 Å². The van der Waals surface area contributed by atoms with E-state index in [4.69, 9.17) is 0 Å². The van der Waals surface area contributed by atoms with Crippen LogP contribution in [-0.2, 0) is 6.42 Å². The summed E-state index contributed by atoms with van der Waals surface area (Å²) in [5.41, 5.74) is 3.44. The fraction of sp³-hybridized carbons (Fsp3) is 0.125. The number of nitrogens with zero attached hydrogens (tertiary/aromatic N) is 6. The Morgan fingerprint density at radius 3 is 2.77 bits per heavy atom. The Hall–Kier alpha value is -4.80. The third-order valence-corrected chi connectivity index (χ3v) is 5.96. The van der Waals surface area contributed by atoms with Crippen LogP contribution in [0.4, 0.5) is 15.9 Å². The molecule has 5 heterocycles. The number of phenols is 1. The fourth-order valence-electron chi connectivity index (χ4n) is 4.28. The molecule has 174 valence electrons. The summed E-state index contributed by atoms with van der Waals surface area (Å²) < 4.78 is 15.9. The van der Waals surface area contributed by atoms with Gasteiger partial charge in [-0.25, -0.2) is 23.9 Å². The number of fused-ring (bicyclic) bond motifs is 2. The lowest BCUT2D eigenvalue weighted by Gasteiger charge is -2.34. The Kier molecular flexibility index (Phi) is 4.87. The van der Waals surface area contributed by atoms with Crippen molar-refractivity contribution in [2.45, 2.75) is 12.5 Å². The molecule has 0 aliphatic carbocycles. The molecule has 1 aliphatic rings. The van der Waals surface area contributed by atoms with Gasteiger partial charge in [0.15, 0.2) is 0 Å². The number of benzene rings is 1. The van der Waals surface area contributed by atoms with Crippen LogP contribution in [-0.4, -0.2) is 47.1 Å². The summed E-state index contributed by atoms with van der Waals surface area (Å²) in [5, 5.41) is 16.7. The summed E-state index contributed by atoms with van der Waals surface area (Å²) >= 11 is 0. The second kappa shape index (κ2) is 8.20. The van der Waals surface area contributed by atoms with Crippen LogP contribution in [0.1, 0.15) is 33.6 Å². The SMILES string of the molecule is O=C(Nc1ccc(O)cc1)c1cnc(N2CCc3[nH]cnc3[C@@H]2c2cc3c(F)cccn3n2)cn1. The number of imidazole rings is 1. The van der Waals surface area contributed by atoms with Crippen LogP contribution in [0, 0.1) is 5.82 Å². The second-order valence-corrected chi connectivity index (χ2v) is 8.13. The maximum atomic E-state index is 14.3. The zero-order valence-electron chi connectivity index (χ0n) is 18.3. The molecule has 1 atom stereocenters. The molecule has 35 heavy (non-hydrogen) atoms. The molecule has 0 radical (unpaired) electrons. The van der Waals surface area contributed by atoms with Gasteiger partial charge in [-0.2, -0.15) is 5.10 Å². The minimum Gasteiger partial charge on any atom is -0.508 e. The topological polar surface area (TPSA) is 124 Å². The highest BCUT2D eigenvalue weighted by Gasteiger charge is 2.34. The molecule has 1 aliphatic heterocycles. The number of hydrogen-bond donors (Lipinski definition) is 3. The van der Waals surface area contributed by atoms with E-state index in [1.165, 1.54) is 35.1 Å². The summed E-state index contributed by atoms with van der Waals surface area (Å²) in [4.78, 5) is 31.1. The van der Waals surface area contributed by atoms with Crippen LogP contribution in [0.2, 0.25) is 0 Å². The van der Waals surface area contributed by atoms with Gasteiger partial charge in [-0.05, 0) is 42.5 Å². The molecular weight excluding hydrogens is 451 g/mol. The Balaban J connectivity index is 1.32. The van der Waals surface area contributed by atoms with Gasteiger partial charge in [0.2, 0.25) is 0 Å². The number of H-pyrrole nitrogens is 1. The quantitative estimate of drug-likeness (QED) is 0.345. The van der Waals surface area contributed by atoms with Gasteiger partial charge >= 0.3 is 0 Å². The number of pyridine rings is 1. The van der Waals surface area contributed by atoms with Gasteiger partial charge in [0.1, 0.15) is 34.6 Å². The fourth-order valence-corrected chi connectivity index (χ4v) is 4.28. The van der Waals surface area contributed by atoms with Gasteiger partial charge in [0.05, 0.1) is 30.1 Å². The molecule has 0 saturated carbocycles. The van der Waals surface area contributed by atoms with Crippen LogP contribution >= 0.6 is 0 Å². The van der Waals surface area contributed by atoms with Crippen molar-refractivity contribution in [3.05, 3.63) is 96.0 Å². The maximum absolute atomic E-state index is 14.3. The summed E-state index contributed by atoms with van der Waals surface area (Å²) in [7, 11) is 0. The maximum Gasteiger partial charge on any atom is 0.275 e. The molecule has 1 amide bonds. The predicted molar refractivity (Wildman–Crippen MR) is 125 cm³/mol. The number of carbonyl (C=O) groups excluding carboxylic acids is 1. The highest BCUT2D eigenvalue weighted by molar-refractivity contribution is 6.02. The summed E-state index contributed by atoms with van der Waals surface area (Å²) in [6, 6.07) is 10.4. The van der Waals surface area contributed by atoms with E-state index in [-0.39, 0.29) is 17.3 Å². The van der Waals surface area contributed by atoms with Crippen molar-refractivity contribution < 1.29 is 14.3 Å². The molecule has 5 aromatic rings. The van der Waals surface area contributed by atoms with Crippen LogP contribution < -0.4 is 10.2 Å². The lowest BCUT2D eigenvalue weighted by molar-refractivity contribution is 0.102. The summed E-state index contributed by atoms with van der Waals surface area (Å²) in [5.74, 6) is -0.131. The van der Waals surface area contributed by atoms with Crippen LogP contribution in [0.25, 0.3) is 5.52 Å². The molecule has 0 unspecified atom stereocenters. The largest absolute Gasteiger partial charge is 0.508 e. The smallest absolute Gasteiger partial charge is 0.275 e. The molecule has 0 spiro atoms. The lowest BCUT2D eigenvalue weighted by atomic mass is 10.00. The van der Waals surface area contributed by atoms with E-state index >= 15 is 0 Å². The standard InChI is InChI=1S/C24H19FN8O2/c25-16-2-1-8-33-20(16)10-18(31-33)23-22-17(28-13-29-22)7-9-32(23)21-12-26-19(11-27-21)24(35)30-14-3-5-15(34)6-4-14/h1-6,8,10-13,23,34H,7,9H2,(H,28,29)(H,30,35)/t23-/m0/s1. The first kappa shape index (κ1) is 20.8. The molecule has 0 fully saturated rings. The Labute approximate surface area is 198 Å². The Morgan fingerprint density at radius 1 is 1.14 bits per heavy atom. The number of aromatic nitrogens is 6. The predicted octanol–water partition coefficient (Wildman–Crippen LogP) is 3.10. The Morgan fingerprint density at radius 2 is 2.00 bits per heavy atom. The second-order valence-electron chi connectivity index (χ2n) is 8.13. The molecule has 0 saturated heterocycles. The number of halogens is 1. The lowest BCUT2D eigenvalue weighted by Crippen LogP contribution is -2.37. The van der Waals surface area contributed by atoms with Crippen molar-refractivity contribution in [3.8, 4) is 5.75 Å². The van der Waals surface area contributed by atoms with E-state index < -0.39 is 11.9 Å². The molecular formula is C24H19FN8O2. The summed E-state index contributed by atoms with van der Waals surface area (Å²) in [6.07, 6.45) is 6.98. The minimum absolute atomic E-state index is 0.108. The van der Waals surface area contributed by atoms with Gasteiger partial charge in [0, 0.05) is 30.5 Å². The van der Waals surface area contributed by atoms with Crippen molar-refractivity contribution in [2.24, 2.45) is 0 Å². The molecule has 0 bridgehead atoms. The highest BCUT2D eigenvalue weighted by Crippen LogP contribution is 2.35. The molecule has 11 heteroatoms. The van der Waals surface area contributed by atoms with Gasteiger partial charge in [-0.15, -0.1) is 0 Å². The van der Waals surface area contributed by atoms with Crippen LogP contribution in [0.15, 0.2) is 67.4 Å². The average molecular weight is 470 g/mol. The number of phenolic OH excluding ortho intramolecular Hbond substituents is 1. The first-order chi connectivity index (χ1) is 17.1. The van der Waals surface area contributed by atoms with E-state index in [2.05, 4.69) is 30.4 Å². The van der Waals surface area contributed by atoms with Crippen molar-refractivity contribution >= 4 is 22.9 Å². The number of aromatic hydroxyl groups is 1. The van der Waals surface area contributed by atoms with Crippen molar-refractivity contribution in [1.82, 2.24) is 29.5 Å². The minimum atomic E-state index is -0.421. The van der Waals surface area contributed by atoms with E-state index in [1.54, 1.807) is 36.8 Å². The van der Waals surface area contributed by atoms with Gasteiger partial charge in [-0.1, -0.05) is 0 Å². The molecule has 4 aromatic heterocycles.